The lowest BCUT2D eigenvalue weighted by atomic mass is 9.98. The number of ketones is 1. The number of hydrogen-bond donors (Lipinski definition) is 0. The van der Waals surface area contributed by atoms with Crippen molar-refractivity contribution in [3.8, 4) is 11.5 Å². The quantitative estimate of drug-likeness (QED) is 0.597. The molecular weight excluding hydrogens is 444 g/mol. The van der Waals surface area contributed by atoms with Crippen LogP contribution in [-0.4, -0.2) is 54.8 Å². The van der Waals surface area contributed by atoms with Gasteiger partial charge in [0.25, 0.3) is 5.91 Å². The van der Waals surface area contributed by atoms with E-state index in [0.29, 0.717) is 46.8 Å². The Morgan fingerprint density at radius 3 is 2.64 bits per heavy atom. The molecule has 8 heteroatoms. The molecule has 2 amide bonds. The summed E-state index contributed by atoms with van der Waals surface area (Å²) in [4.78, 5) is 42.0. The second-order valence-corrected chi connectivity index (χ2v) is 8.97. The van der Waals surface area contributed by atoms with Crippen molar-refractivity contribution in [1.29, 1.82) is 0 Å². The molecule has 2 heterocycles. The lowest BCUT2D eigenvalue weighted by Crippen LogP contribution is -2.53. The van der Waals surface area contributed by atoms with E-state index in [-0.39, 0.29) is 30.8 Å². The zero-order valence-corrected chi connectivity index (χ0v) is 19.5. The topological polar surface area (TPSA) is 76.2 Å². The third-order valence-corrected chi connectivity index (χ3v) is 6.51. The highest BCUT2D eigenvalue weighted by Crippen LogP contribution is 2.35. The van der Waals surface area contributed by atoms with E-state index in [1.165, 1.54) is 4.90 Å². The first-order valence-corrected chi connectivity index (χ1v) is 11.5. The number of nitrogens with zero attached hydrogens (tertiary/aromatic N) is 2. The molecule has 1 saturated heterocycles. The number of Topliss-reactive ketones (excluding diaryl/α,β-unsaturated/α-hetero) is 1. The molecule has 0 aliphatic carbocycles. The molecule has 0 spiro atoms. The highest BCUT2D eigenvalue weighted by atomic mass is 35.5. The molecule has 0 radical (unpaired) electrons. The average Bonchev–Trinajstić information content (AvgIpc) is 2.82. The second kappa shape index (κ2) is 9.83. The number of rotatable bonds is 6. The molecule has 0 N–H and O–H groups in total. The van der Waals surface area contributed by atoms with Crippen LogP contribution >= 0.6 is 11.6 Å². The molecule has 0 bridgehead atoms. The number of para-hydroxylation sites is 1. The van der Waals surface area contributed by atoms with Crippen LogP contribution in [0.15, 0.2) is 42.5 Å². The lowest BCUT2D eigenvalue weighted by molar-refractivity contribution is -0.135. The van der Waals surface area contributed by atoms with Crippen LogP contribution in [0.1, 0.15) is 37.0 Å². The molecular formula is C25H27ClN2O5. The van der Waals surface area contributed by atoms with Gasteiger partial charge in [-0.3, -0.25) is 19.3 Å². The largest absolute Gasteiger partial charge is 0.484 e. The molecule has 7 nitrogen and oxygen atoms in total. The van der Waals surface area contributed by atoms with Crippen LogP contribution in [0.2, 0.25) is 5.02 Å². The molecule has 4 rings (SSSR count). The molecule has 0 aromatic heterocycles. The normalized spacial score (nSPS) is 17.2. The van der Waals surface area contributed by atoms with E-state index in [1.54, 1.807) is 49.4 Å². The summed E-state index contributed by atoms with van der Waals surface area (Å²) in [6, 6.07) is 11.1. The molecule has 2 aliphatic heterocycles. The standard InChI is InChI=1S/C25H27ClN2O5/c1-16-9-11-27(12-10-16)25(31)17(2)28-20-13-18(7-8-23(20)33-15-24(28)30)21(29)14-32-22-6-4-3-5-19(22)26/h3-8,13,16-17H,9-12,14-15H2,1-2H3. The third-order valence-electron chi connectivity index (χ3n) is 6.20. The Labute approximate surface area is 198 Å². The van der Waals surface area contributed by atoms with Gasteiger partial charge in [-0.1, -0.05) is 30.7 Å². The van der Waals surface area contributed by atoms with Crippen molar-refractivity contribution < 1.29 is 23.9 Å². The number of carbonyl (C=O) groups excluding carboxylic acids is 3. The molecule has 1 unspecified atom stereocenters. The minimum absolute atomic E-state index is 0.0955. The van der Waals surface area contributed by atoms with Crippen LogP contribution in [0.3, 0.4) is 0 Å². The van der Waals surface area contributed by atoms with Gasteiger partial charge in [-0.15, -0.1) is 0 Å². The molecule has 1 fully saturated rings. The number of fused-ring (bicyclic) bond motifs is 1. The van der Waals surface area contributed by atoms with Crippen LogP contribution in [0.4, 0.5) is 5.69 Å². The summed E-state index contributed by atoms with van der Waals surface area (Å²) in [5, 5.41) is 0.417. The van der Waals surface area contributed by atoms with Crippen molar-refractivity contribution in [2.75, 3.05) is 31.2 Å². The predicted molar refractivity (Wildman–Crippen MR) is 125 cm³/mol. The molecule has 0 saturated carbocycles. The van der Waals surface area contributed by atoms with Gasteiger partial charge >= 0.3 is 0 Å². The first kappa shape index (κ1) is 23.1. The van der Waals surface area contributed by atoms with Gasteiger partial charge in [0, 0.05) is 18.7 Å². The highest BCUT2D eigenvalue weighted by Gasteiger charge is 2.36. The highest BCUT2D eigenvalue weighted by molar-refractivity contribution is 6.32. The summed E-state index contributed by atoms with van der Waals surface area (Å²) < 4.78 is 11.1. The molecule has 174 valence electrons. The number of carbonyl (C=O) groups is 3. The maximum absolute atomic E-state index is 13.2. The number of benzene rings is 2. The van der Waals surface area contributed by atoms with Crippen LogP contribution in [0.25, 0.3) is 0 Å². The number of piperidine rings is 1. The van der Waals surface area contributed by atoms with Gasteiger partial charge in [0.05, 0.1) is 10.7 Å². The molecule has 33 heavy (non-hydrogen) atoms. The van der Waals surface area contributed by atoms with E-state index in [2.05, 4.69) is 6.92 Å². The summed E-state index contributed by atoms with van der Waals surface area (Å²) in [7, 11) is 0. The van der Waals surface area contributed by atoms with Gasteiger partial charge in [-0.25, -0.2) is 0 Å². The minimum Gasteiger partial charge on any atom is -0.484 e. The smallest absolute Gasteiger partial charge is 0.265 e. The van der Waals surface area contributed by atoms with Crippen LogP contribution in [0.5, 0.6) is 11.5 Å². The molecule has 2 aromatic rings. The van der Waals surface area contributed by atoms with Crippen LogP contribution in [-0.2, 0) is 9.59 Å². The Morgan fingerprint density at radius 2 is 1.91 bits per heavy atom. The summed E-state index contributed by atoms with van der Waals surface area (Å²) in [6.07, 6.45) is 1.91. The Balaban J connectivity index is 1.53. The summed E-state index contributed by atoms with van der Waals surface area (Å²) in [5.41, 5.74) is 0.775. The first-order chi connectivity index (χ1) is 15.8. The molecule has 1 atom stereocenters. The summed E-state index contributed by atoms with van der Waals surface area (Å²) >= 11 is 6.09. The SMILES string of the molecule is CC1CCN(C(=O)C(C)N2C(=O)COc3ccc(C(=O)COc4ccccc4Cl)cc32)CC1. The number of likely N-dealkylation sites (tertiary alicyclic amines) is 1. The monoisotopic (exact) mass is 470 g/mol. The fraction of sp³-hybridized carbons (Fsp3) is 0.400. The van der Waals surface area contributed by atoms with Gasteiger partial charge in [0.15, 0.2) is 19.0 Å². The van der Waals surface area contributed by atoms with Gasteiger partial charge in [-0.2, -0.15) is 0 Å². The third kappa shape index (κ3) is 4.98. The Kier molecular flexibility index (Phi) is 6.88. The van der Waals surface area contributed by atoms with Crippen molar-refractivity contribution in [3.05, 3.63) is 53.1 Å². The van der Waals surface area contributed by atoms with Gasteiger partial charge in [0.1, 0.15) is 17.5 Å². The zero-order valence-electron chi connectivity index (χ0n) is 18.8. The van der Waals surface area contributed by atoms with Crippen molar-refractivity contribution in [2.45, 2.75) is 32.7 Å². The number of ether oxygens (including phenoxy) is 2. The van der Waals surface area contributed by atoms with Crippen molar-refractivity contribution in [3.63, 3.8) is 0 Å². The number of halogens is 1. The average molecular weight is 471 g/mol. The maximum Gasteiger partial charge on any atom is 0.265 e. The summed E-state index contributed by atoms with van der Waals surface area (Å²) in [6.45, 7) is 4.92. The second-order valence-electron chi connectivity index (χ2n) is 8.56. The van der Waals surface area contributed by atoms with E-state index < -0.39 is 6.04 Å². The van der Waals surface area contributed by atoms with E-state index in [1.807, 2.05) is 4.90 Å². The first-order valence-electron chi connectivity index (χ1n) is 11.1. The fourth-order valence-electron chi connectivity index (χ4n) is 4.16. The Bertz CT molecular complexity index is 1060. The molecule has 2 aromatic carbocycles. The fourth-order valence-corrected chi connectivity index (χ4v) is 4.35. The van der Waals surface area contributed by atoms with Crippen LogP contribution in [0, 0.1) is 5.92 Å². The predicted octanol–water partition coefficient (Wildman–Crippen LogP) is 3.97. The zero-order chi connectivity index (χ0) is 23.5. The van der Waals surface area contributed by atoms with Gasteiger partial charge in [0.2, 0.25) is 5.91 Å². The van der Waals surface area contributed by atoms with Crippen molar-refractivity contribution in [1.82, 2.24) is 4.90 Å². The van der Waals surface area contributed by atoms with E-state index in [9.17, 15) is 14.4 Å². The summed E-state index contributed by atoms with van der Waals surface area (Å²) in [5.74, 6) is 0.787. The number of amides is 2. The molecule has 2 aliphatic rings. The van der Waals surface area contributed by atoms with Gasteiger partial charge in [-0.05, 0) is 56.0 Å². The Morgan fingerprint density at radius 1 is 1.18 bits per heavy atom. The van der Waals surface area contributed by atoms with E-state index in [4.69, 9.17) is 21.1 Å². The van der Waals surface area contributed by atoms with E-state index >= 15 is 0 Å². The maximum atomic E-state index is 13.2. The van der Waals surface area contributed by atoms with Gasteiger partial charge < -0.3 is 14.4 Å². The lowest BCUT2D eigenvalue weighted by Gasteiger charge is -2.38. The van der Waals surface area contributed by atoms with Crippen molar-refractivity contribution in [2.24, 2.45) is 5.92 Å². The minimum atomic E-state index is -0.696. The number of anilines is 1. The Hall–Kier alpha value is -3.06. The van der Waals surface area contributed by atoms with E-state index in [0.717, 1.165) is 12.8 Å². The van der Waals surface area contributed by atoms with Crippen molar-refractivity contribution >= 4 is 34.9 Å². The number of hydrogen-bond acceptors (Lipinski definition) is 5. The van der Waals surface area contributed by atoms with Crippen LogP contribution < -0.4 is 14.4 Å².